The van der Waals surface area contributed by atoms with Crippen LogP contribution in [0.3, 0.4) is 0 Å². The van der Waals surface area contributed by atoms with Crippen LogP contribution in [0.25, 0.3) is 20.8 Å². The third-order valence-corrected chi connectivity index (χ3v) is 7.37. The number of benzene rings is 2. The highest BCUT2D eigenvalue weighted by molar-refractivity contribution is 7.21. The second-order valence-corrected chi connectivity index (χ2v) is 9.46. The van der Waals surface area contributed by atoms with Crippen molar-refractivity contribution in [2.24, 2.45) is 0 Å². The number of quaternary nitrogens is 1. The smallest absolute Gasteiger partial charge is 0.292 e. The summed E-state index contributed by atoms with van der Waals surface area (Å²) in [6, 6.07) is 13.7. The van der Waals surface area contributed by atoms with Crippen molar-refractivity contribution in [3.05, 3.63) is 48.0 Å². The Morgan fingerprint density at radius 2 is 1.73 bits per heavy atom. The fraction of sp³-hybridized carbons (Fsp3) is 0.375. The minimum atomic E-state index is -0.220. The van der Waals surface area contributed by atoms with Crippen LogP contribution < -0.4 is 9.80 Å². The quantitative estimate of drug-likeness (QED) is 0.661. The van der Waals surface area contributed by atoms with E-state index in [9.17, 15) is 9.59 Å². The minimum absolute atomic E-state index is 0.0416. The van der Waals surface area contributed by atoms with Crippen LogP contribution in [0.5, 0.6) is 0 Å². The van der Waals surface area contributed by atoms with Gasteiger partial charge < -0.3 is 4.90 Å². The number of hydrogen-bond donors (Lipinski definition) is 1. The molecule has 30 heavy (non-hydrogen) atoms. The molecule has 2 aliphatic rings. The standard InChI is InChI=1S/C24H25N3O2S/c1-16-6-11-19-21(14-16)30-23(25-19)17-7-9-18(10-8-17)27-22(28)15-20(24(27)29)26-12-4-2-3-5-13-26/h6-11,14,20H,2-5,12-13,15H2,1H3/p+1/t20-/m0/s1. The van der Waals surface area contributed by atoms with Gasteiger partial charge >= 0.3 is 0 Å². The molecule has 3 heterocycles. The van der Waals surface area contributed by atoms with Gasteiger partial charge in [0.25, 0.3) is 5.91 Å². The maximum absolute atomic E-state index is 13.1. The third-order valence-electron chi connectivity index (χ3n) is 6.30. The molecule has 154 valence electrons. The van der Waals surface area contributed by atoms with Crippen LogP contribution in [-0.4, -0.2) is 35.9 Å². The van der Waals surface area contributed by atoms with Gasteiger partial charge in [-0.15, -0.1) is 11.3 Å². The summed E-state index contributed by atoms with van der Waals surface area (Å²) in [4.78, 5) is 33.2. The summed E-state index contributed by atoms with van der Waals surface area (Å²) in [7, 11) is 0. The number of aromatic nitrogens is 1. The molecule has 0 spiro atoms. The Morgan fingerprint density at radius 3 is 2.47 bits per heavy atom. The molecule has 2 fully saturated rings. The van der Waals surface area contributed by atoms with Gasteiger partial charge in [-0.05, 0) is 74.6 Å². The van der Waals surface area contributed by atoms with Crippen LogP contribution in [0.4, 0.5) is 5.69 Å². The molecular weight excluding hydrogens is 394 g/mol. The van der Waals surface area contributed by atoms with Crippen LogP contribution in [0.2, 0.25) is 0 Å². The van der Waals surface area contributed by atoms with Crippen LogP contribution in [0, 0.1) is 6.92 Å². The molecule has 0 radical (unpaired) electrons. The summed E-state index contributed by atoms with van der Waals surface area (Å²) in [5.74, 6) is -0.120. The Labute approximate surface area is 180 Å². The van der Waals surface area contributed by atoms with Gasteiger partial charge in [-0.2, -0.15) is 0 Å². The molecule has 0 unspecified atom stereocenters. The summed E-state index contributed by atoms with van der Waals surface area (Å²) < 4.78 is 1.17. The highest BCUT2D eigenvalue weighted by atomic mass is 32.1. The highest BCUT2D eigenvalue weighted by Gasteiger charge is 2.45. The number of rotatable bonds is 3. The van der Waals surface area contributed by atoms with Gasteiger partial charge in [0.1, 0.15) is 5.01 Å². The Kier molecular flexibility index (Phi) is 5.13. The molecule has 0 aliphatic carbocycles. The van der Waals surface area contributed by atoms with Gasteiger partial charge in [0.05, 0.1) is 35.4 Å². The first-order chi connectivity index (χ1) is 14.6. The van der Waals surface area contributed by atoms with Crippen molar-refractivity contribution in [1.82, 2.24) is 4.98 Å². The average Bonchev–Trinajstić information content (AvgIpc) is 3.16. The van der Waals surface area contributed by atoms with E-state index < -0.39 is 0 Å². The lowest BCUT2D eigenvalue weighted by Gasteiger charge is -2.22. The molecule has 1 N–H and O–H groups in total. The largest absolute Gasteiger partial charge is 0.324 e. The number of fused-ring (bicyclic) bond motifs is 1. The number of imide groups is 1. The predicted octanol–water partition coefficient (Wildman–Crippen LogP) is 3.36. The first-order valence-corrected chi connectivity index (χ1v) is 11.6. The van der Waals surface area contributed by atoms with Gasteiger partial charge in [-0.25, -0.2) is 9.88 Å². The van der Waals surface area contributed by atoms with Gasteiger partial charge in [-0.3, -0.25) is 9.59 Å². The molecule has 2 aromatic carbocycles. The number of nitrogens with zero attached hydrogens (tertiary/aromatic N) is 2. The maximum atomic E-state index is 13.1. The van der Waals surface area contributed by atoms with E-state index in [1.165, 1.54) is 32.9 Å². The van der Waals surface area contributed by atoms with E-state index in [0.717, 1.165) is 42.0 Å². The molecule has 3 aromatic rings. The number of likely N-dealkylation sites (tertiary alicyclic amines) is 1. The van der Waals surface area contributed by atoms with E-state index in [1.54, 1.807) is 11.3 Å². The molecule has 0 saturated carbocycles. The lowest BCUT2D eigenvalue weighted by molar-refractivity contribution is -0.914. The van der Waals surface area contributed by atoms with E-state index in [0.29, 0.717) is 12.1 Å². The number of anilines is 1. The van der Waals surface area contributed by atoms with Gasteiger partial charge in [0, 0.05) is 5.56 Å². The van der Waals surface area contributed by atoms with E-state index in [4.69, 9.17) is 4.98 Å². The van der Waals surface area contributed by atoms with Crippen molar-refractivity contribution < 1.29 is 14.5 Å². The first-order valence-electron chi connectivity index (χ1n) is 10.8. The molecule has 2 aliphatic heterocycles. The third kappa shape index (κ3) is 3.55. The first kappa shape index (κ1) is 19.4. The van der Waals surface area contributed by atoms with Crippen molar-refractivity contribution in [1.29, 1.82) is 0 Å². The van der Waals surface area contributed by atoms with E-state index in [1.807, 2.05) is 30.3 Å². The van der Waals surface area contributed by atoms with Crippen molar-refractivity contribution in [2.45, 2.75) is 45.1 Å². The Balaban J connectivity index is 1.38. The molecule has 2 amide bonds. The Bertz CT molecular complexity index is 1100. The fourth-order valence-electron chi connectivity index (χ4n) is 4.66. The van der Waals surface area contributed by atoms with Crippen LogP contribution in [0.15, 0.2) is 42.5 Å². The second kappa shape index (κ2) is 7.93. The number of aryl methyl sites for hydroxylation is 1. The van der Waals surface area contributed by atoms with Crippen LogP contribution >= 0.6 is 11.3 Å². The van der Waals surface area contributed by atoms with Gasteiger partial charge in [0.15, 0.2) is 6.04 Å². The van der Waals surface area contributed by atoms with E-state index in [2.05, 4.69) is 19.1 Å². The van der Waals surface area contributed by atoms with E-state index in [-0.39, 0.29) is 17.9 Å². The number of nitrogens with one attached hydrogen (secondary N) is 1. The average molecular weight is 421 g/mol. The SMILES string of the molecule is Cc1ccc2nc(-c3ccc(N4C(=O)C[C@H]([NH+]5CCCCCC5)C4=O)cc3)sc2c1. The normalized spacial score (nSPS) is 20.8. The summed E-state index contributed by atoms with van der Waals surface area (Å²) in [6.07, 6.45) is 5.07. The summed E-state index contributed by atoms with van der Waals surface area (Å²) >= 11 is 1.66. The van der Waals surface area contributed by atoms with Crippen LogP contribution in [0.1, 0.15) is 37.7 Å². The topological polar surface area (TPSA) is 54.7 Å². The lowest BCUT2D eigenvalue weighted by Crippen LogP contribution is -3.16. The molecule has 5 nitrogen and oxygen atoms in total. The summed E-state index contributed by atoms with van der Waals surface area (Å²) in [5, 5.41) is 0.952. The molecule has 0 bridgehead atoms. The van der Waals surface area contributed by atoms with Gasteiger partial charge in [0.2, 0.25) is 5.91 Å². The zero-order valence-corrected chi connectivity index (χ0v) is 18.0. The monoisotopic (exact) mass is 420 g/mol. The maximum Gasteiger partial charge on any atom is 0.292 e. The molecule has 2 saturated heterocycles. The van der Waals surface area contributed by atoms with Crippen LogP contribution in [-0.2, 0) is 9.59 Å². The predicted molar refractivity (Wildman–Crippen MR) is 120 cm³/mol. The molecule has 5 rings (SSSR count). The molecule has 1 aromatic heterocycles. The number of carbonyl (C=O) groups excluding carboxylic acids is 2. The number of thiazole rings is 1. The van der Waals surface area contributed by atoms with Crippen molar-refractivity contribution >= 4 is 39.1 Å². The van der Waals surface area contributed by atoms with Gasteiger partial charge in [-0.1, -0.05) is 6.07 Å². The molecule has 1 atom stereocenters. The number of hydrogen-bond acceptors (Lipinski definition) is 4. The van der Waals surface area contributed by atoms with Crippen molar-refractivity contribution in [3.63, 3.8) is 0 Å². The Morgan fingerprint density at radius 1 is 1.00 bits per heavy atom. The van der Waals surface area contributed by atoms with Crippen molar-refractivity contribution in [2.75, 3.05) is 18.0 Å². The zero-order chi connectivity index (χ0) is 20.7. The highest BCUT2D eigenvalue weighted by Crippen LogP contribution is 2.32. The minimum Gasteiger partial charge on any atom is -0.324 e. The summed E-state index contributed by atoms with van der Waals surface area (Å²) in [5.41, 5.74) is 3.90. The Hall–Kier alpha value is -2.57. The summed E-state index contributed by atoms with van der Waals surface area (Å²) in [6.45, 7) is 4.07. The van der Waals surface area contributed by atoms with E-state index >= 15 is 0 Å². The number of amides is 2. The fourth-order valence-corrected chi connectivity index (χ4v) is 5.73. The zero-order valence-electron chi connectivity index (χ0n) is 17.2. The molecular formula is C24H26N3O2S+. The van der Waals surface area contributed by atoms with Crippen molar-refractivity contribution in [3.8, 4) is 10.6 Å². The number of carbonyl (C=O) groups is 2. The second-order valence-electron chi connectivity index (χ2n) is 8.43. The lowest BCUT2D eigenvalue weighted by atomic mass is 10.2. The molecule has 6 heteroatoms.